The van der Waals surface area contributed by atoms with Crippen LogP contribution >= 0.6 is 0 Å². The van der Waals surface area contributed by atoms with E-state index in [9.17, 15) is 4.79 Å². The molecule has 4 aromatic rings. The standard InChI is InChI=1S/C19H17N7O2/c1-12-21-10-16(28-12)15-6-13-7-17(23-9-14(13)8-22-15)24-19(27)26-5-4-25-3-2-20-18(25)11-26/h2-3,6-10H,4-5,11H2,1H3,(H,23,24,27). The first-order valence-corrected chi connectivity index (χ1v) is 8.90. The molecule has 0 fully saturated rings. The van der Waals surface area contributed by atoms with Crippen molar-refractivity contribution < 1.29 is 9.21 Å². The summed E-state index contributed by atoms with van der Waals surface area (Å²) in [6.45, 7) is 3.63. The van der Waals surface area contributed by atoms with Gasteiger partial charge >= 0.3 is 6.03 Å². The number of hydrogen-bond acceptors (Lipinski definition) is 6. The molecular weight excluding hydrogens is 358 g/mol. The smallest absolute Gasteiger partial charge is 0.323 e. The van der Waals surface area contributed by atoms with E-state index in [0.29, 0.717) is 36.3 Å². The van der Waals surface area contributed by atoms with Crippen LogP contribution in [0.2, 0.25) is 0 Å². The maximum absolute atomic E-state index is 12.6. The number of fused-ring (bicyclic) bond motifs is 2. The first-order valence-electron chi connectivity index (χ1n) is 8.90. The number of anilines is 1. The largest absolute Gasteiger partial charge is 0.439 e. The van der Waals surface area contributed by atoms with Crippen molar-refractivity contribution in [2.75, 3.05) is 11.9 Å². The SMILES string of the molecule is Cc1ncc(-c2cc3cc(NC(=O)N4CCn5ccnc5C4)ncc3cn2)o1. The van der Waals surface area contributed by atoms with Gasteiger partial charge in [-0.3, -0.25) is 10.3 Å². The molecule has 1 aliphatic rings. The fraction of sp³-hybridized carbons (Fsp3) is 0.211. The van der Waals surface area contributed by atoms with Crippen molar-refractivity contribution in [1.29, 1.82) is 0 Å². The summed E-state index contributed by atoms with van der Waals surface area (Å²) in [5.41, 5.74) is 0.680. The number of nitrogens with zero attached hydrogens (tertiary/aromatic N) is 6. The third-order valence-electron chi connectivity index (χ3n) is 4.74. The van der Waals surface area contributed by atoms with Crippen molar-refractivity contribution in [3.05, 3.63) is 54.8 Å². The van der Waals surface area contributed by atoms with Gasteiger partial charge in [-0.05, 0) is 17.5 Å². The van der Waals surface area contributed by atoms with Crippen LogP contribution in [-0.4, -0.2) is 42.0 Å². The number of hydrogen-bond donors (Lipinski definition) is 1. The summed E-state index contributed by atoms with van der Waals surface area (Å²) in [5.74, 6) is 2.55. The molecule has 0 unspecified atom stereocenters. The number of urea groups is 1. The zero-order valence-corrected chi connectivity index (χ0v) is 15.2. The van der Waals surface area contributed by atoms with E-state index in [1.165, 1.54) is 0 Å². The van der Waals surface area contributed by atoms with Crippen LogP contribution < -0.4 is 5.32 Å². The molecule has 0 atom stereocenters. The Bertz CT molecular complexity index is 1180. The van der Waals surface area contributed by atoms with E-state index in [2.05, 4.69) is 29.8 Å². The number of nitrogens with one attached hydrogen (secondary N) is 1. The van der Waals surface area contributed by atoms with Gasteiger partial charge < -0.3 is 13.9 Å². The lowest BCUT2D eigenvalue weighted by Gasteiger charge is -2.27. The highest BCUT2D eigenvalue weighted by Crippen LogP contribution is 2.24. The van der Waals surface area contributed by atoms with Gasteiger partial charge in [0, 0.05) is 50.2 Å². The van der Waals surface area contributed by atoms with Gasteiger partial charge in [0.15, 0.2) is 11.7 Å². The van der Waals surface area contributed by atoms with Crippen LogP contribution in [0.1, 0.15) is 11.7 Å². The summed E-state index contributed by atoms with van der Waals surface area (Å²) in [7, 11) is 0. The molecule has 4 aromatic heterocycles. The maximum Gasteiger partial charge on any atom is 0.323 e. The van der Waals surface area contributed by atoms with Crippen molar-refractivity contribution in [1.82, 2.24) is 29.4 Å². The number of imidazole rings is 1. The number of amides is 2. The number of oxazole rings is 1. The van der Waals surface area contributed by atoms with Gasteiger partial charge in [0.1, 0.15) is 17.3 Å². The van der Waals surface area contributed by atoms with Gasteiger partial charge in [0.05, 0.1) is 12.7 Å². The van der Waals surface area contributed by atoms with E-state index in [-0.39, 0.29) is 6.03 Å². The summed E-state index contributed by atoms with van der Waals surface area (Å²) in [4.78, 5) is 31.5. The second kappa shape index (κ2) is 6.45. The molecule has 5 heterocycles. The molecule has 5 rings (SSSR count). The maximum atomic E-state index is 12.6. The quantitative estimate of drug-likeness (QED) is 0.578. The summed E-state index contributed by atoms with van der Waals surface area (Å²) in [6.07, 6.45) is 8.75. The number of rotatable bonds is 2. The topological polar surface area (TPSA) is 102 Å². The molecule has 140 valence electrons. The molecule has 0 saturated carbocycles. The van der Waals surface area contributed by atoms with E-state index in [1.54, 1.807) is 36.6 Å². The number of pyridine rings is 2. The molecule has 28 heavy (non-hydrogen) atoms. The number of aromatic nitrogens is 5. The zero-order valence-electron chi connectivity index (χ0n) is 15.2. The first-order chi connectivity index (χ1) is 13.7. The monoisotopic (exact) mass is 375 g/mol. The average Bonchev–Trinajstić information content (AvgIpc) is 3.35. The molecule has 9 nitrogen and oxygen atoms in total. The number of aryl methyl sites for hydroxylation is 1. The second-order valence-corrected chi connectivity index (χ2v) is 6.62. The Kier molecular flexibility index (Phi) is 3.78. The lowest BCUT2D eigenvalue weighted by Crippen LogP contribution is -2.40. The molecule has 0 aromatic carbocycles. The van der Waals surface area contributed by atoms with E-state index in [0.717, 1.165) is 23.1 Å². The minimum Gasteiger partial charge on any atom is -0.439 e. The average molecular weight is 375 g/mol. The van der Waals surface area contributed by atoms with Crippen LogP contribution in [0.4, 0.5) is 10.6 Å². The van der Waals surface area contributed by atoms with Crippen LogP contribution in [0, 0.1) is 6.92 Å². The molecule has 1 N–H and O–H groups in total. The van der Waals surface area contributed by atoms with Crippen LogP contribution in [0.5, 0.6) is 0 Å². The molecule has 2 amide bonds. The lowest BCUT2D eigenvalue weighted by molar-refractivity contribution is 0.195. The van der Waals surface area contributed by atoms with Crippen molar-refractivity contribution in [2.24, 2.45) is 0 Å². The van der Waals surface area contributed by atoms with Crippen LogP contribution in [0.25, 0.3) is 22.2 Å². The molecule has 1 aliphatic heterocycles. The zero-order chi connectivity index (χ0) is 19.1. The fourth-order valence-corrected chi connectivity index (χ4v) is 3.26. The van der Waals surface area contributed by atoms with E-state index in [1.807, 2.05) is 18.3 Å². The normalized spacial score (nSPS) is 13.5. The van der Waals surface area contributed by atoms with E-state index in [4.69, 9.17) is 4.42 Å². The first kappa shape index (κ1) is 16.4. The van der Waals surface area contributed by atoms with Gasteiger partial charge in [0.2, 0.25) is 0 Å². The number of carbonyl (C=O) groups is 1. The second-order valence-electron chi connectivity index (χ2n) is 6.62. The Labute approximate surface area is 160 Å². The van der Waals surface area contributed by atoms with Gasteiger partial charge in [0.25, 0.3) is 0 Å². The summed E-state index contributed by atoms with van der Waals surface area (Å²) in [6, 6.07) is 3.53. The van der Waals surface area contributed by atoms with Gasteiger partial charge in [-0.2, -0.15) is 0 Å². The molecule has 0 aliphatic carbocycles. The van der Waals surface area contributed by atoms with E-state index < -0.39 is 0 Å². The van der Waals surface area contributed by atoms with Crippen molar-refractivity contribution in [3.8, 4) is 11.5 Å². The molecule has 0 radical (unpaired) electrons. The highest BCUT2D eigenvalue weighted by Gasteiger charge is 2.21. The Morgan fingerprint density at radius 2 is 1.96 bits per heavy atom. The third kappa shape index (κ3) is 2.96. The molecular formula is C19H17N7O2. The molecule has 9 heteroatoms. The Hall–Kier alpha value is -3.75. The fourth-order valence-electron chi connectivity index (χ4n) is 3.26. The predicted octanol–water partition coefficient (Wildman–Crippen LogP) is 2.84. The van der Waals surface area contributed by atoms with Crippen molar-refractivity contribution in [2.45, 2.75) is 20.0 Å². The minimum absolute atomic E-state index is 0.193. The Morgan fingerprint density at radius 3 is 2.82 bits per heavy atom. The summed E-state index contributed by atoms with van der Waals surface area (Å²) >= 11 is 0. The minimum atomic E-state index is -0.193. The molecule has 0 saturated heterocycles. The molecule has 0 spiro atoms. The van der Waals surface area contributed by atoms with Crippen LogP contribution in [-0.2, 0) is 13.1 Å². The Morgan fingerprint density at radius 1 is 1.07 bits per heavy atom. The van der Waals surface area contributed by atoms with Gasteiger partial charge in [-0.15, -0.1) is 0 Å². The van der Waals surface area contributed by atoms with E-state index >= 15 is 0 Å². The Balaban J connectivity index is 1.38. The van der Waals surface area contributed by atoms with Crippen LogP contribution in [0.15, 0.2) is 47.5 Å². The predicted molar refractivity (Wildman–Crippen MR) is 101 cm³/mol. The van der Waals surface area contributed by atoms with Crippen LogP contribution in [0.3, 0.4) is 0 Å². The van der Waals surface area contributed by atoms with Crippen molar-refractivity contribution >= 4 is 22.6 Å². The summed E-state index contributed by atoms with van der Waals surface area (Å²) in [5, 5.41) is 4.65. The van der Waals surface area contributed by atoms with Gasteiger partial charge in [-0.1, -0.05) is 0 Å². The highest BCUT2D eigenvalue weighted by molar-refractivity contribution is 5.92. The lowest BCUT2D eigenvalue weighted by atomic mass is 10.2. The number of carbonyl (C=O) groups excluding carboxylic acids is 1. The summed E-state index contributed by atoms with van der Waals surface area (Å²) < 4.78 is 7.59. The molecule has 0 bridgehead atoms. The highest BCUT2D eigenvalue weighted by atomic mass is 16.4. The van der Waals surface area contributed by atoms with Crippen molar-refractivity contribution in [3.63, 3.8) is 0 Å². The third-order valence-corrected chi connectivity index (χ3v) is 4.74. The van der Waals surface area contributed by atoms with Gasteiger partial charge in [-0.25, -0.2) is 19.7 Å².